The molecule has 9 heteroatoms. The van der Waals surface area contributed by atoms with E-state index in [9.17, 15) is 4.79 Å². The number of hydrogen-bond acceptors (Lipinski definition) is 8. The topological polar surface area (TPSA) is 107 Å². The number of aromatic nitrogens is 4. The van der Waals surface area contributed by atoms with Gasteiger partial charge in [0.25, 0.3) is 5.22 Å². The molecule has 0 fully saturated rings. The lowest BCUT2D eigenvalue weighted by Gasteiger charge is -2.08. The predicted molar refractivity (Wildman–Crippen MR) is 74.7 cm³/mol. The number of nitrogens with one attached hydrogen (secondary N) is 1. The Balaban J connectivity index is 1.83. The Morgan fingerprint density at radius 2 is 1.86 bits per heavy atom. The molecule has 1 N–H and O–H groups in total. The van der Waals surface area contributed by atoms with Gasteiger partial charge in [-0.05, 0) is 6.92 Å². The van der Waals surface area contributed by atoms with Gasteiger partial charge >= 0.3 is 0 Å². The first-order chi connectivity index (χ1) is 9.95. The number of carbonyl (C=O) groups is 1. The Bertz CT molecular complexity index is 610. The van der Waals surface area contributed by atoms with E-state index in [2.05, 4.69) is 25.7 Å². The van der Waals surface area contributed by atoms with Crippen LogP contribution in [0, 0.1) is 6.92 Å². The number of amides is 1. The molecule has 2 aromatic rings. The fraction of sp³-hybridized carbons (Fsp3) is 0.583. The number of carbonyl (C=O) groups excluding carboxylic acids is 1. The summed E-state index contributed by atoms with van der Waals surface area (Å²) < 4.78 is 10.7. The van der Waals surface area contributed by atoms with Crippen LogP contribution < -0.4 is 5.32 Å². The van der Waals surface area contributed by atoms with Gasteiger partial charge in [0.15, 0.2) is 0 Å². The standard InChI is InChI=1S/C12H17N5O3S/c1-6(2)10-15-16-11(20-10)7(3)13-9(18)5-21-12-17-14-8(4)19-12/h6-7H,5H2,1-4H3,(H,13,18)/t7-/m1/s1. The van der Waals surface area contributed by atoms with Crippen molar-refractivity contribution in [3.05, 3.63) is 17.7 Å². The monoisotopic (exact) mass is 311 g/mol. The molecule has 0 spiro atoms. The maximum Gasteiger partial charge on any atom is 0.277 e. The number of nitrogens with zero attached hydrogens (tertiary/aromatic N) is 4. The average Bonchev–Trinajstić information content (AvgIpc) is 3.05. The second-order valence-corrected chi connectivity index (χ2v) is 5.72. The molecule has 0 saturated carbocycles. The third-order valence-electron chi connectivity index (χ3n) is 2.53. The third kappa shape index (κ3) is 4.28. The fourth-order valence-corrected chi connectivity index (χ4v) is 2.08. The molecular formula is C12H17N5O3S. The van der Waals surface area contributed by atoms with Gasteiger partial charge in [-0.1, -0.05) is 25.6 Å². The molecule has 114 valence electrons. The summed E-state index contributed by atoms with van der Waals surface area (Å²) in [5.41, 5.74) is 0. The summed E-state index contributed by atoms with van der Waals surface area (Å²) in [4.78, 5) is 11.8. The largest absolute Gasteiger partial charge is 0.423 e. The van der Waals surface area contributed by atoms with Gasteiger partial charge in [-0.25, -0.2) is 0 Å². The van der Waals surface area contributed by atoms with Crippen molar-refractivity contribution in [1.82, 2.24) is 25.7 Å². The molecule has 0 saturated heterocycles. The zero-order valence-corrected chi connectivity index (χ0v) is 13.1. The van der Waals surface area contributed by atoms with E-state index in [1.807, 2.05) is 13.8 Å². The first kappa shape index (κ1) is 15.5. The molecule has 2 rings (SSSR count). The van der Waals surface area contributed by atoms with E-state index in [1.165, 1.54) is 11.8 Å². The highest BCUT2D eigenvalue weighted by Crippen LogP contribution is 2.18. The molecule has 0 radical (unpaired) electrons. The van der Waals surface area contributed by atoms with E-state index in [0.29, 0.717) is 22.9 Å². The average molecular weight is 311 g/mol. The van der Waals surface area contributed by atoms with Crippen LogP contribution in [0.4, 0.5) is 0 Å². The molecule has 1 atom stereocenters. The zero-order chi connectivity index (χ0) is 15.4. The van der Waals surface area contributed by atoms with E-state index in [0.717, 1.165) is 0 Å². The van der Waals surface area contributed by atoms with Crippen molar-refractivity contribution in [3.63, 3.8) is 0 Å². The highest BCUT2D eigenvalue weighted by molar-refractivity contribution is 7.99. The van der Waals surface area contributed by atoms with E-state index >= 15 is 0 Å². The van der Waals surface area contributed by atoms with Crippen LogP contribution in [0.15, 0.2) is 14.1 Å². The Kier molecular flexibility index (Phi) is 4.94. The fourth-order valence-electron chi connectivity index (χ4n) is 1.46. The molecule has 1 amide bonds. The van der Waals surface area contributed by atoms with Crippen molar-refractivity contribution < 1.29 is 13.6 Å². The van der Waals surface area contributed by atoms with Crippen LogP contribution in [0.2, 0.25) is 0 Å². The maximum absolute atomic E-state index is 11.8. The Labute approximate surface area is 126 Å². The minimum atomic E-state index is -0.345. The number of rotatable bonds is 6. The first-order valence-corrected chi connectivity index (χ1v) is 7.50. The van der Waals surface area contributed by atoms with Crippen LogP contribution in [0.1, 0.15) is 50.4 Å². The Morgan fingerprint density at radius 3 is 2.43 bits per heavy atom. The van der Waals surface area contributed by atoms with Crippen molar-refractivity contribution >= 4 is 17.7 Å². The Hall–Kier alpha value is -1.90. The van der Waals surface area contributed by atoms with Gasteiger partial charge in [0.05, 0.1) is 5.75 Å². The molecule has 0 unspecified atom stereocenters. The molecule has 2 heterocycles. The minimum absolute atomic E-state index is 0.158. The van der Waals surface area contributed by atoms with Gasteiger partial charge in [0, 0.05) is 12.8 Å². The summed E-state index contributed by atoms with van der Waals surface area (Å²) in [5, 5.41) is 18.5. The second kappa shape index (κ2) is 6.70. The van der Waals surface area contributed by atoms with Gasteiger partial charge in [0.1, 0.15) is 6.04 Å². The maximum atomic E-state index is 11.8. The minimum Gasteiger partial charge on any atom is -0.423 e. The summed E-state index contributed by atoms with van der Waals surface area (Å²) in [7, 11) is 0. The third-order valence-corrected chi connectivity index (χ3v) is 3.35. The predicted octanol–water partition coefficient (Wildman–Crippen LogP) is 1.85. The van der Waals surface area contributed by atoms with Gasteiger partial charge in [-0.2, -0.15) is 0 Å². The SMILES string of the molecule is Cc1nnc(SCC(=O)N[C@H](C)c2nnc(C(C)C)o2)o1. The first-order valence-electron chi connectivity index (χ1n) is 6.51. The molecule has 0 aliphatic carbocycles. The quantitative estimate of drug-likeness (QED) is 0.805. The van der Waals surface area contributed by atoms with Crippen LogP contribution in [-0.2, 0) is 4.79 Å². The molecule has 0 aromatic carbocycles. The molecule has 0 aliphatic rings. The van der Waals surface area contributed by atoms with Crippen LogP contribution in [0.3, 0.4) is 0 Å². The van der Waals surface area contributed by atoms with Crippen LogP contribution in [0.25, 0.3) is 0 Å². The van der Waals surface area contributed by atoms with Crippen LogP contribution >= 0.6 is 11.8 Å². The number of thioether (sulfide) groups is 1. The summed E-state index contributed by atoms with van der Waals surface area (Å²) in [6.07, 6.45) is 0. The molecule has 2 aromatic heterocycles. The zero-order valence-electron chi connectivity index (χ0n) is 12.3. The normalized spacial score (nSPS) is 12.6. The highest BCUT2D eigenvalue weighted by Gasteiger charge is 2.18. The second-order valence-electron chi connectivity index (χ2n) is 4.80. The lowest BCUT2D eigenvalue weighted by atomic mass is 10.2. The highest BCUT2D eigenvalue weighted by atomic mass is 32.2. The van der Waals surface area contributed by atoms with E-state index in [-0.39, 0.29) is 23.6 Å². The molecule has 0 bridgehead atoms. The lowest BCUT2D eigenvalue weighted by Crippen LogP contribution is -2.28. The molecule has 21 heavy (non-hydrogen) atoms. The molecular weight excluding hydrogens is 294 g/mol. The van der Waals surface area contributed by atoms with Crippen molar-refractivity contribution in [3.8, 4) is 0 Å². The van der Waals surface area contributed by atoms with Crippen molar-refractivity contribution in [2.75, 3.05) is 5.75 Å². The van der Waals surface area contributed by atoms with Gasteiger partial charge < -0.3 is 14.2 Å². The summed E-state index contributed by atoms with van der Waals surface area (Å²) in [6.45, 7) is 7.41. The smallest absolute Gasteiger partial charge is 0.277 e. The summed E-state index contributed by atoms with van der Waals surface area (Å²) in [5.74, 6) is 1.58. The summed E-state index contributed by atoms with van der Waals surface area (Å²) >= 11 is 1.18. The van der Waals surface area contributed by atoms with Crippen molar-refractivity contribution in [1.29, 1.82) is 0 Å². The van der Waals surface area contributed by atoms with Crippen molar-refractivity contribution in [2.45, 2.75) is 44.9 Å². The van der Waals surface area contributed by atoms with Gasteiger partial charge in [0.2, 0.25) is 23.6 Å². The van der Waals surface area contributed by atoms with E-state index in [1.54, 1.807) is 13.8 Å². The Morgan fingerprint density at radius 1 is 1.14 bits per heavy atom. The van der Waals surface area contributed by atoms with E-state index in [4.69, 9.17) is 8.83 Å². The van der Waals surface area contributed by atoms with Crippen molar-refractivity contribution in [2.24, 2.45) is 0 Å². The van der Waals surface area contributed by atoms with Crippen LogP contribution in [0.5, 0.6) is 0 Å². The number of hydrogen-bond donors (Lipinski definition) is 1. The number of aryl methyl sites for hydroxylation is 1. The molecule has 8 nitrogen and oxygen atoms in total. The summed E-state index contributed by atoms with van der Waals surface area (Å²) in [6, 6.07) is -0.345. The lowest BCUT2D eigenvalue weighted by molar-refractivity contribution is -0.119. The van der Waals surface area contributed by atoms with Crippen LogP contribution in [-0.4, -0.2) is 32.1 Å². The van der Waals surface area contributed by atoms with E-state index < -0.39 is 0 Å². The van der Waals surface area contributed by atoms with Gasteiger partial charge in [-0.3, -0.25) is 4.79 Å². The molecule has 0 aliphatic heterocycles. The van der Waals surface area contributed by atoms with Gasteiger partial charge in [-0.15, -0.1) is 20.4 Å².